The van der Waals surface area contributed by atoms with Gasteiger partial charge in [0.2, 0.25) is 0 Å². The lowest BCUT2D eigenvalue weighted by Gasteiger charge is -2.36. The third-order valence-electron chi connectivity index (χ3n) is 5.19. The monoisotopic (exact) mass is 562 g/mol. The molecule has 2 nitrogen and oxygen atoms in total. The van der Waals surface area contributed by atoms with Crippen molar-refractivity contribution in [3.05, 3.63) is 54.2 Å². The molecule has 3 aromatic rings. The maximum absolute atomic E-state index is 6.90. The molecular formula is C21H28I2N2. The van der Waals surface area contributed by atoms with Gasteiger partial charge in [0.05, 0.1) is 5.52 Å². The van der Waals surface area contributed by atoms with Crippen molar-refractivity contribution in [2.45, 2.75) is 39.2 Å². The van der Waals surface area contributed by atoms with E-state index < -0.39 is 0 Å². The van der Waals surface area contributed by atoms with Crippen molar-refractivity contribution in [1.29, 1.82) is 0 Å². The molecule has 25 heavy (non-hydrogen) atoms. The number of fused-ring (bicyclic) bond motifs is 3. The number of hydrogen-bond acceptors (Lipinski definition) is 2. The number of hydrogen-bond donors (Lipinski definition) is 1. The van der Waals surface area contributed by atoms with E-state index >= 15 is 0 Å². The zero-order chi connectivity index (χ0) is 17.7. The summed E-state index contributed by atoms with van der Waals surface area (Å²) in [6.45, 7) is 6.65. The Morgan fingerprint density at radius 1 is 1.08 bits per heavy atom. The molecule has 1 aromatic heterocycles. The number of rotatable bonds is 4. The van der Waals surface area contributed by atoms with Crippen LogP contribution in [0, 0.1) is 5.92 Å². The smallest absolute Gasteiger partial charge is 0.0711 e. The number of nitrogens with two attached hydrogens (primary N) is 1. The van der Waals surface area contributed by atoms with Gasteiger partial charge in [0.15, 0.2) is 0 Å². The first kappa shape index (κ1) is 22.6. The van der Waals surface area contributed by atoms with Crippen LogP contribution >= 0.6 is 46.6 Å². The second-order valence-corrected chi connectivity index (χ2v) is 6.25. The molecule has 0 saturated heterocycles. The third kappa shape index (κ3) is 4.27. The van der Waals surface area contributed by atoms with Gasteiger partial charge in [0.1, 0.15) is 0 Å². The predicted octanol–water partition coefficient (Wildman–Crippen LogP) is 6.67. The lowest BCUT2D eigenvalue weighted by atomic mass is 9.75. The SMILES string of the molecule is CCC(C)C(N)(CC)c1cccc2ncc3ccccc3c12.CI.I. The van der Waals surface area contributed by atoms with E-state index in [0.29, 0.717) is 5.92 Å². The van der Waals surface area contributed by atoms with E-state index in [9.17, 15) is 0 Å². The van der Waals surface area contributed by atoms with Gasteiger partial charge in [-0.25, -0.2) is 0 Å². The van der Waals surface area contributed by atoms with Crippen molar-refractivity contribution in [2.24, 2.45) is 11.7 Å². The first-order valence-electron chi connectivity index (χ1n) is 8.55. The Hall–Kier alpha value is -0.470. The first-order chi connectivity index (χ1) is 11.6. The maximum Gasteiger partial charge on any atom is 0.0711 e. The summed E-state index contributed by atoms with van der Waals surface area (Å²) < 4.78 is 0. The zero-order valence-corrected chi connectivity index (χ0v) is 19.9. The molecule has 0 amide bonds. The van der Waals surface area contributed by atoms with Gasteiger partial charge in [-0.2, -0.15) is 0 Å². The minimum absolute atomic E-state index is 0. The minimum Gasteiger partial charge on any atom is -0.321 e. The first-order valence-corrected chi connectivity index (χ1v) is 10.7. The van der Waals surface area contributed by atoms with E-state index in [1.165, 1.54) is 21.7 Å². The summed E-state index contributed by atoms with van der Waals surface area (Å²) in [4.78, 5) is 6.62. The van der Waals surface area contributed by atoms with Crippen LogP contribution in [0.3, 0.4) is 0 Å². The van der Waals surface area contributed by atoms with Crippen LogP contribution in [0.5, 0.6) is 0 Å². The van der Waals surface area contributed by atoms with Crippen LogP contribution in [-0.4, -0.2) is 9.91 Å². The fourth-order valence-corrected chi connectivity index (χ4v) is 3.46. The molecule has 4 heteroatoms. The molecule has 3 rings (SSSR count). The highest BCUT2D eigenvalue weighted by atomic mass is 127. The molecule has 136 valence electrons. The van der Waals surface area contributed by atoms with Crippen LogP contribution in [0.1, 0.15) is 39.2 Å². The number of pyridine rings is 1. The molecule has 0 saturated carbocycles. The predicted molar refractivity (Wildman–Crippen MR) is 130 cm³/mol. The highest BCUT2D eigenvalue weighted by Gasteiger charge is 2.32. The largest absolute Gasteiger partial charge is 0.321 e. The summed E-state index contributed by atoms with van der Waals surface area (Å²) in [5.41, 5.74) is 8.84. The maximum atomic E-state index is 6.90. The molecular weight excluding hydrogens is 534 g/mol. The molecule has 1 heterocycles. The van der Waals surface area contributed by atoms with Crippen LogP contribution in [0.15, 0.2) is 48.7 Å². The van der Waals surface area contributed by atoms with Crippen molar-refractivity contribution < 1.29 is 0 Å². The highest BCUT2D eigenvalue weighted by molar-refractivity contribution is 14.1. The van der Waals surface area contributed by atoms with E-state index in [1.54, 1.807) is 0 Å². The molecule has 2 unspecified atom stereocenters. The summed E-state index contributed by atoms with van der Waals surface area (Å²) in [5.74, 6) is 0.419. The average molecular weight is 562 g/mol. The second-order valence-electron chi connectivity index (χ2n) is 6.25. The fraction of sp³-hybridized carbons (Fsp3) is 0.381. The van der Waals surface area contributed by atoms with Gasteiger partial charge < -0.3 is 5.73 Å². The molecule has 0 aliphatic heterocycles. The van der Waals surface area contributed by atoms with Gasteiger partial charge in [-0.1, -0.05) is 86.2 Å². The van der Waals surface area contributed by atoms with Crippen molar-refractivity contribution >= 4 is 68.2 Å². The average Bonchev–Trinajstić information content (AvgIpc) is 2.67. The van der Waals surface area contributed by atoms with Gasteiger partial charge in [0.25, 0.3) is 0 Å². The summed E-state index contributed by atoms with van der Waals surface area (Å²) in [6, 6.07) is 14.8. The number of aromatic nitrogens is 1. The summed E-state index contributed by atoms with van der Waals surface area (Å²) in [7, 11) is 0. The van der Waals surface area contributed by atoms with Crippen LogP contribution in [0.4, 0.5) is 0 Å². The highest BCUT2D eigenvalue weighted by Crippen LogP contribution is 2.38. The zero-order valence-electron chi connectivity index (χ0n) is 15.4. The van der Waals surface area contributed by atoms with Crippen LogP contribution in [-0.2, 0) is 5.54 Å². The van der Waals surface area contributed by atoms with Gasteiger partial charge in [-0.3, -0.25) is 4.98 Å². The van der Waals surface area contributed by atoms with E-state index in [4.69, 9.17) is 5.73 Å². The number of alkyl halides is 1. The molecule has 0 aliphatic rings. The molecule has 0 bridgehead atoms. The lowest BCUT2D eigenvalue weighted by Crippen LogP contribution is -2.42. The van der Waals surface area contributed by atoms with Crippen molar-refractivity contribution in [1.82, 2.24) is 4.98 Å². The normalized spacial score (nSPS) is 14.2. The molecule has 2 atom stereocenters. The molecule has 0 radical (unpaired) electrons. The number of halogens is 2. The van der Waals surface area contributed by atoms with E-state index in [1.807, 2.05) is 11.1 Å². The Morgan fingerprint density at radius 3 is 2.40 bits per heavy atom. The third-order valence-corrected chi connectivity index (χ3v) is 5.19. The minimum atomic E-state index is -0.319. The van der Waals surface area contributed by atoms with Gasteiger partial charge >= 0.3 is 0 Å². The van der Waals surface area contributed by atoms with Gasteiger partial charge in [-0.05, 0) is 34.3 Å². The summed E-state index contributed by atoms with van der Waals surface area (Å²) >= 11 is 2.15. The topological polar surface area (TPSA) is 38.9 Å². The van der Waals surface area contributed by atoms with E-state index in [-0.39, 0.29) is 29.5 Å². The quantitative estimate of drug-likeness (QED) is 0.219. The van der Waals surface area contributed by atoms with Crippen LogP contribution in [0.2, 0.25) is 0 Å². The number of benzene rings is 2. The second kappa shape index (κ2) is 10.0. The Kier molecular flexibility index (Phi) is 9.04. The summed E-state index contributed by atoms with van der Waals surface area (Å²) in [6.07, 6.45) is 3.94. The molecule has 0 fully saturated rings. The Labute approximate surface area is 182 Å². The molecule has 2 aromatic carbocycles. The number of nitrogens with zero attached hydrogens (tertiary/aromatic N) is 1. The molecule has 2 N–H and O–H groups in total. The molecule has 0 spiro atoms. The van der Waals surface area contributed by atoms with Crippen molar-refractivity contribution in [3.8, 4) is 0 Å². The van der Waals surface area contributed by atoms with Crippen LogP contribution < -0.4 is 5.73 Å². The Bertz CT molecular complexity index is 819. The van der Waals surface area contributed by atoms with Gasteiger partial charge in [-0.15, -0.1) is 24.0 Å². The van der Waals surface area contributed by atoms with Crippen molar-refractivity contribution in [3.63, 3.8) is 0 Å². The standard InChI is InChI=1S/C20H24N2.CH3I.HI/c1-4-14(3)20(21,5-2)17-11-8-12-18-19(17)16-10-7-6-9-15(16)13-22-18;1-2;/h6-14H,4-5,21H2,1-3H3;1H3;1H. The fourth-order valence-electron chi connectivity index (χ4n) is 3.46. The summed E-state index contributed by atoms with van der Waals surface area (Å²) in [5, 5.41) is 3.63. The van der Waals surface area contributed by atoms with E-state index in [2.05, 4.69) is 90.8 Å². The Balaban J connectivity index is 0.00000101. The molecule has 0 aliphatic carbocycles. The Morgan fingerprint density at radius 2 is 1.76 bits per heavy atom. The lowest BCUT2D eigenvalue weighted by molar-refractivity contribution is 0.279. The van der Waals surface area contributed by atoms with E-state index in [0.717, 1.165) is 18.4 Å². The van der Waals surface area contributed by atoms with Crippen LogP contribution in [0.25, 0.3) is 21.7 Å². The van der Waals surface area contributed by atoms with Crippen molar-refractivity contribution in [2.75, 3.05) is 4.93 Å². The van der Waals surface area contributed by atoms with Gasteiger partial charge in [0, 0.05) is 22.5 Å².